The second kappa shape index (κ2) is 4.25. The Morgan fingerprint density at radius 1 is 1.62 bits per heavy atom. The van der Waals surface area contributed by atoms with E-state index in [-0.39, 0.29) is 0 Å². The van der Waals surface area contributed by atoms with Crippen molar-refractivity contribution in [3.05, 3.63) is 17.5 Å². The number of aromatic nitrogens is 2. The van der Waals surface area contributed by atoms with E-state index in [0.717, 1.165) is 11.4 Å². The third kappa shape index (κ3) is 2.09. The SMILES string of the molecule is COC(C(=O)O)C(C)(C)c1cc(C)n(C)n1. The number of hydrogen-bond donors (Lipinski definition) is 1. The summed E-state index contributed by atoms with van der Waals surface area (Å²) in [6.45, 7) is 5.56. The number of aryl methyl sites for hydroxylation is 2. The highest BCUT2D eigenvalue weighted by Crippen LogP contribution is 2.28. The summed E-state index contributed by atoms with van der Waals surface area (Å²) in [6, 6.07) is 1.88. The highest BCUT2D eigenvalue weighted by atomic mass is 16.5. The quantitative estimate of drug-likeness (QED) is 0.835. The third-order valence-corrected chi connectivity index (χ3v) is 2.89. The van der Waals surface area contributed by atoms with Gasteiger partial charge in [0, 0.05) is 25.3 Å². The van der Waals surface area contributed by atoms with Gasteiger partial charge in [0.25, 0.3) is 0 Å². The van der Waals surface area contributed by atoms with Crippen LogP contribution in [0.25, 0.3) is 0 Å². The average Bonchev–Trinajstić information content (AvgIpc) is 2.47. The highest BCUT2D eigenvalue weighted by molar-refractivity contribution is 5.74. The maximum absolute atomic E-state index is 11.1. The van der Waals surface area contributed by atoms with Crippen LogP contribution in [0.15, 0.2) is 6.07 Å². The molecule has 5 nitrogen and oxygen atoms in total. The molecule has 5 heteroatoms. The molecule has 1 rings (SSSR count). The Bertz CT molecular complexity index is 376. The minimum atomic E-state index is -0.976. The zero-order valence-electron chi connectivity index (χ0n) is 10.3. The number of nitrogens with zero attached hydrogens (tertiary/aromatic N) is 2. The molecule has 0 saturated heterocycles. The molecule has 0 saturated carbocycles. The van der Waals surface area contributed by atoms with Crippen molar-refractivity contribution in [1.82, 2.24) is 9.78 Å². The van der Waals surface area contributed by atoms with Crippen molar-refractivity contribution in [2.24, 2.45) is 7.05 Å². The number of carbonyl (C=O) groups is 1. The number of aliphatic carboxylic acids is 1. The van der Waals surface area contributed by atoms with Crippen LogP contribution in [0.3, 0.4) is 0 Å². The van der Waals surface area contributed by atoms with Gasteiger partial charge < -0.3 is 9.84 Å². The van der Waals surface area contributed by atoms with Crippen molar-refractivity contribution in [3.63, 3.8) is 0 Å². The standard InChI is InChI=1S/C11H18N2O3/c1-7-6-8(12-13(7)4)11(2,3)9(16-5)10(14)15/h6,9H,1-5H3,(H,14,15). The molecular formula is C11H18N2O3. The molecule has 0 aliphatic rings. The highest BCUT2D eigenvalue weighted by Gasteiger charge is 2.39. The zero-order chi connectivity index (χ0) is 12.5. The van der Waals surface area contributed by atoms with Crippen LogP contribution >= 0.6 is 0 Å². The average molecular weight is 226 g/mol. The maximum Gasteiger partial charge on any atom is 0.333 e. The van der Waals surface area contributed by atoms with Crippen molar-refractivity contribution in [1.29, 1.82) is 0 Å². The Hall–Kier alpha value is -1.36. The summed E-state index contributed by atoms with van der Waals surface area (Å²) in [7, 11) is 3.23. The number of methoxy groups -OCH3 is 1. The van der Waals surface area contributed by atoms with Gasteiger partial charge in [-0.1, -0.05) is 13.8 Å². The van der Waals surface area contributed by atoms with Crippen LogP contribution in [0.2, 0.25) is 0 Å². The lowest BCUT2D eigenvalue weighted by Gasteiger charge is -2.28. The molecule has 1 unspecified atom stereocenters. The molecule has 1 heterocycles. The Labute approximate surface area is 95.0 Å². The molecule has 0 aliphatic heterocycles. The first kappa shape index (κ1) is 12.7. The van der Waals surface area contributed by atoms with Gasteiger partial charge in [-0.15, -0.1) is 0 Å². The van der Waals surface area contributed by atoms with Crippen LogP contribution in [0.1, 0.15) is 25.2 Å². The first-order chi connectivity index (χ1) is 7.30. The molecule has 0 radical (unpaired) electrons. The van der Waals surface area contributed by atoms with E-state index in [9.17, 15) is 4.79 Å². The number of ether oxygens (including phenoxy) is 1. The number of carboxylic acid groups (broad SMARTS) is 1. The van der Waals surface area contributed by atoms with E-state index in [4.69, 9.17) is 9.84 Å². The van der Waals surface area contributed by atoms with Crippen LogP contribution < -0.4 is 0 Å². The summed E-state index contributed by atoms with van der Waals surface area (Å²) in [6.07, 6.45) is -0.901. The zero-order valence-corrected chi connectivity index (χ0v) is 10.3. The van der Waals surface area contributed by atoms with Crippen molar-refractivity contribution in [2.45, 2.75) is 32.3 Å². The van der Waals surface area contributed by atoms with Crippen molar-refractivity contribution < 1.29 is 14.6 Å². The molecule has 0 amide bonds. The number of hydrogen-bond acceptors (Lipinski definition) is 3. The van der Waals surface area contributed by atoms with Gasteiger partial charge in [-0.3, -0.25) is 4.68 Å². The normalized spacial score (nSPS) is 13.8. The van der Waals surface area contributed by atoms with Gasteiger partial charge >= 0.3 is 5.97 Å². The van der Waals surface area contributed by atoms with Crippen LogP contribution in [-0.2, 0) is 22.0 Å². The van der Waals surface area contributed by atoms with Crippen molar-refractivity contribution in [2.75, 3.05) is 7.11 Å². The fraction of sp³-hybridized carbons (Fsp3) is 0.636. The van der Waals surface area contributed by atoms with Gasteiger partial charge in [0.1, 0.15) is 0 Å². The lowest BCUT2D eigenvalue weighted by molar-refractivity contribution is -0.152. The molecule has 90 valence electrons. The lowest BCUT2D eigenvalue weighted by atomic mass is 9.83. The molecular weight excluding hydrogens is 208 g/mol. The molecule has 0 bridgehead atoms. The van der Waals surface area contributed by atoms with Crippen LogP contribution in [-0.4, -0.2) is 34.1 Å². The summed E-state index contributed by atoms with van der Waals surface area (Å²) >= 11 is 0. The van der Waals surface area contributed by atoms with E-state index in [2.05, 4.69) is 5.10 Å². The van der Waals surface area contributed by atoms with Gasteiger partial charge in [0.05, 0.1) is 5.69 Å². The fourth-order valence-electron chi connectivity index (χ4n) is 1.71. The van der Waals surface area contributed by atoms with Crippen molar-refractivity contribution >= 4 is 5.97 Å². The molecule has 16 heavy (non-hydrogen) atoms. The maximum atomic E-state index is 11.1. The number of carboxylic acids is 1. The van der Waals surface area contributed by atoms with Crippen molar-refractivity contribution in [3.8, 4) is 0 Å². The third-order valence-electron chi connectivity index (χ3n) is 2.89. The molecule has 0 aromatic carbocycles. The Kier molecular flexibility index (Phi) is 3.38. The second-order valence-electron chi connectivity index (χ2n) is 4.47. The largest absolute Gasteiger partial charge is 0.479 e. The van der Waals surface area contributed by atoms with Crippen LogP contribution in [0.5, 0.6) is 0 Å². The minimum Gasteiger partial charge on any atom is -0.479 e. The predicted octanol–water partition coefficient (Wildman–Crippen LogP) is 1.11. The summed E-state index contributed by atoms with van der Waals surface area (Å²) in [4.78, 5) is 11.1. The fourth-order valence-corrected chi connectivity index (χ4v) is 1.71. The van der Waals surface area contributed by atoms with E-state index in [1.165, 1.54) is 7.11 Å². The first-order valence-electron chi connectivity index (χ1n) is 5.07. The van der Waals surface area contributed by atoms with Gasteiger partial charge in [0.2, 0.25) is 0 Å². The summed E-state index contributed by atoms with van der Waals surface area (Å²) < 4.78 is 6.76. The van der Waals surface area contributed by atoms with Crippen LogP contribution in [0, 0.1) is 6.92 Å². The molecule has 0 aliphatic carbocycles. The monoisotopic (exact) mass is 226 g/mol. The molecule has 1 aromatic rings. The molecule has 1 aromatic heterocycles. The van der Waals surface area contributed by atoms with E-state index >= 15 is 0 Å². The van der Waals surface area contributed by atoms with E-state index in [1.807, 2.05) is 33.9 Å². The smallest absolute Gasteiger partial charge is 0.333 e. The lowest BCUT2D eigenvalue weighted by Crippen LogP contribution is -2.41. The first-order valence-corrected chi connectivity index (χ1v) is 5.07. The Morgan fingerprint density at radius 2 is 2.19 bits per heavy atom. The summed E-state index contributed by atoms with van der Waals surface area (Å²) in [5.41, 5.74) is 1.05. The van der Waals surface area contributed by atoms with E-state index in [1.54, 1.807) is 4.68 Å². The Morgan fingerprint density at radius 3 is 2.50 bits per heavy atom. The van der Waals surface area contributed by atoms with Gasteiger partial charge in [-0.2, -0.15) is 5.10 Å². The van der Waals surface area contributed by atoms with E-state index in [0.29, 0.717) is 0 Å². The Balaban J connectivity index is 3.13. The molecule has 0 spiro atoms. The molecule has 0 fully saturated rings. The minimum absolute atomic E-state index is 0.660. The number of rotatable bonds is 4. The summed E-state index contributed by atoms with van der Waals surface area (Å²) in [5.74, 6) is -0.976. The second-order valence-corrected chi connectivity index (χ2v) is 4.47. The molecule has 1 atom stereocenters. The van der Waals surface area contributed by atoms with Gasteiger partial charge in [0.15, 0.2) is 6.10 Å². The van der Waals surface area contributed by atoms with Gasteiger partial charge in [-0.05, 0) is 13.0 Å². The topological polar surface area (TPSA) is 64.3 Å². The van der Waals surface area contributed by atoms with E-state index < -0.39 is 17.5 Å². The van der Waals surface area contributed by atoms with Gasteiger partial charge in [-0.25, -0.2) is 4.79 Å². The van der Waals surface area contributed by atoms with Crippen LogP contribution in [0.4, 0.5) is 0 Å². The predicted molar refractivity (Wildman–Crippen MR) is 59.4 cm³/mol. The summed E-state index contributed by atoms with van der Waals surface area (Å²) in [5, 5.41) is 13.4. The molecule has 1 N–H and O–H groups in total.